The standard InChI is InChI=1S/C12H12BrF2N3/c1-16-6-10-11(13)12(18(2)17-10)8-5-7(14)3-4-9(8)15/h3-5,16H,6H2,1-2H3. The zero-order chi connectivity index (χ0) is 13.3. The van der Waals surface area contributed by atoms with Gasteiger partial charge in [-0.25, -0.2) is 8.78 Å². The first-order valence-corrected chi connectivity index (χ1v) is 6.15. The molecule has 0 aliphatic rings. The predicted molar refractivity (Wildman–Crippen MR) is 69.0 cm³/mol. The molecule has 0 amide bonds. The molecule has 2 aromatic rings. The Morgan fingerprint density at radius 1 is 1.39 bits per heavy atom. The van der Waals surface area contributed by atoms with Crippen LogP contribution in [0.4, 0.5) is 8.78 Å². The monoisotopic (exact) mass is 315 g/mol. The van der Waals surface area contributed by atoms with Crippen LogP contribution in [0.2, 0.25) is 0 Å². The highest BCUT2D eigenvalue weighted by Gasteiger charge is 2.18. The van der Waals surface area contributed by atoms with Gasteiger partial charge in [0.25, 0.3) is 0 Å². The molecule has 0 bridgehead atoms. The Hall–Kier alpha value is -1.27. The number of hydrogen-bond acceptors (Lipinski definition) is 2. The molecule has 0 aliphatic carbocycles. The van der Waals surface area contributed by atoms with E-state index in [1.807, 2.05) is 0 Å². The minimum atomic E-state index is -0.477. The fraction of sp³-hybridized carbons (Fsp3) is 0.250. The van der Waals surface area contributed by atoms with E-state index >= 15 is 0 Å². The number of hydrogen-bond donors (Lipinski definition) is 1. The van der Waals surface area contributed by atoms with Crippen molar-refractivity contribution in [1.82, 2.24) is 15.1 Å². The number of rotatable bonds is 3. The Bertz CT molecular complexity index is 581. The molecule has 0 atom stereocenters. The smallest absolute Gasteiger partial charge is 0.132 e. The van der Waals surface area contributed by atoms with Crippen LogP contribution in [0, 0.1) is 11.6 Å². The summed E-state index contributed by atoms with van der Waals surface area (Å²) in [6.45, 7) is 0.547. The van der Waals surface area contributed by atoms with Crippen LogP contribution < -0.4 is 5.32 Å². The number of aromatic nitrogens is 2. The van der Waals surface area contributed by atoms with Crippen LogP contribution in [0.1, 0.15) is 5.69 Å². The van der Waals surface area contributed by atoms with Crippen LogP contribution in [0.25, 0.3) is 11.3 Å². The molecule has 18 heavy (non-hydrogen) atoms. The van der Waals surface area contributed by atoms with E-state index in [4.69, 9.17) is 0 Å². The Morgan fingerprint density at radius 3 is 2.78 bits per heavy atom. The highest BCUT2D eigenvalue weighted by Crippen LogP contribution is 2.32. The van der Waals surface area contributed by atoms with Crippen LogP contribution in [0.15, 0.2) is 22.7 Å². The number of aryl methyl sites for hydroxylation is 1. The molecule has 96 valence electrons. The second-order valence-electron chi connectivity index (χ2n) is 3.89. The molecule has 0 fully saturated rings. The molecule has 1 N–H and O–H groups in total. The Kier molecular flexibility index (Phi) is 3.77. The maximum Gasteiger partial charge on any atom is 0.132 e. The van der Waals surface area contributed by atoms with Gasteiger partial charge in [-0.15, -0.1) is 0 Å². The summed E-state index contributed by atoms with van der Waals surface area (Å²) in [5.41, 5.74) is 1.47. The van der Waals surface area contributed by atoms with E-state index in [0.29, 0.717) is 16.7 Å². The minimum absolute atomic E-state index is 0.194. The summed E-state index contributed by atoms with van der Waals surface area (Å²) in [6.07, 6.45) is 0. The topological polar surface area (TPSA) is 29.9 Å². The number of halogens is 3. The van der Waals surface area contributed by atoms with Crippen molar-refractivity contribution in [2.24, 2.45) is 7.05 Å². The van der Waals surface area contributed by atoms with Crippen LogP contribution in [0.5, 0.6) is 0 Å². The summed E-state index contributed by atoms with van der Waals surface area (Å²) in [5, 5.41) is 7.23. The van der Waals surface area contributed by atoms with Crippen LogP contribution in [-0.4, -0.2) is 16.8 Å². The molecule has 0 aliphatic heterocycles. The fourth-order valence-electron chi connectivity index (χ4n) is 1.81. The third kappa shape index (κ3) is 2.30. The average Bonchev–Trinajstić information content (AvgIpc) is 2.59. The lowest BCUT2D eigenvalue weighted by molar-refractivity contribution is 0.600. The molecule has 3 nitrogen and oxygen atoms in total. The first-order valence-electron chi connectivity index (χ1n) is 5.36. The molecule has 1 aromatic carbocycles. The first-order chi connectivity index (χ1) is 8.54. The van der Waals surface area contributed by atoms with E-state index in [2.05, 4.69) is 26.3 Å². The summed E-state index contributed by atoms with van der Waals surface area (Å²) in [4.78, 5) is 0. The molecule has 6 heteroatoms. The zero-order valence-electron chi connectivity index (χ0n) is 9.97. The minimum Gasteiger partial charge on any atom is -0.314 e. The van der Waals surface area contributed by atoms with Gasteiger partial charge < -0.3 is 5.32 Å². The molecule has 0 spiro atoms. The molecule has 1 heterocycles. The van der Waals surface area contributed by atoms with Crippen molar-refractivity contribution in [2.75, 3.05) is 7.05 Å². The lowest BCUT2D eigenvalue weighted by Crippen LogP contribution is -2.06. The van der Waals surface area contributed by atoms with E-state index in [-0.39, 0.29) is 5.56 Å². The van der Waals surface area contributed by atoms with Crippen molar-refractivity contribution in [2.45, 2.75) is 6.54 Å². The summed E-state index contributed by atoms with van der Waals surface area (Å²) in [7, 11) is 3.49. The van der Waals surface area contributed by atoms with Crippen molar-refractivity contribution >= 4 is 15.9 Å². The van der Waals surface area contributed by atoms with Crippen LogP contribution in [-0.2, 0) is 13.6 Å². The molecule has 0 saturated carbocycles. The van der Waals surface area contributed by atoms with E-state index in [0.717, 1.165) is 17.8 Å². The van der Waals surface area contributed by atoms with E-state index in [9.17, 15) is 8.78 Å². The third-order valence-corrected chi connectivity index (χ3v) is 3.42. The SMILES string of the molecule is CNCc1nn(C)c(-c2cc(F)ccc2F)c1Br. The van der Waals surface area contributed by atoms with E-state index in [1.54, 1.807) is 14.1 Å². The van der Waals surface area contributed by atoms with Crippen molar-refractivity contribution in [1.29, 1.82) is 0 Å². The van der Waals surface area contributed by atoms with Gasteiger partial charge in [0.1, 0.15) is 11.6 Å². The van der Waals surface area contributed by atoms with Crippen molar-refractivity contribution < 1.29 is 8.78 Å². The molecular formula is C12H12BrF2N3. The second kappa shape index (κ2) is 5.16. The van der Waals surface area contributed by atoms with Crippen molar-refractivity contribution in [3.63, 3.8) is 0 Å². The predicted octanol–water partition coefficient (Wildman–Crippen LogP) is 2.85. The van der Waals surface area contributed by atoms with Gasteiger partial charge in [-0.1, -0.05) is 0 Å². The van der Waals surface area contributed by atoms with Crippen LogP contribution >= 0.6 is 15.9 Å². The molecule has 2 rings (SSSR count). The number of nitrogens with one attached hydrogen (secondary N) is 1. The Labute approximate surface area is 112 Å². The Morgan fingerprint density at radius 2 is 2.11 bits per heavy atom. The first kappa shape index (κ1) is 13.2. The highest BCUT2D eigenvalue weighted by molar-refractivity contribution is 9.10. The summed E-state index contributed by atoms with van der Waals surface area (Å²) in [6, 6.07) is 3.37. The average molecular weight is 316 g/mol. The van der Waals surface area contributed by atoms with Gasteiger partial charge in [0, 0.05) is 19.2 Å². The third-order valence-electron chi connectivity index (χ3n) is 2.58. The normalized spacial score (nSPS) is 10.9. The van der Waals surface area contributed by atoms with E-state index in [1.165, 1.54) is 10.7 Å². The van der Waals surface area contributed by atoms with Gasteiger partial charge in [0.05, 0.1) is 15.9 Å². The quantitative estimate of drug-likeness (QED) is 0.944. The molecule has 0 radical (unpaired) electrons. The van der Waals surface area contributed by atoms with Crippen LogP contribution in [0.3, 0.4) is 0 Å². The molecule has 0 saturated heterocycles. The van der Waals surface area contributed by atoms with Gasteiger partial charge in [-0.05, 0) is 41.2 Å². The maximum absolute atomic E-state index is 13.8. The summed E-state index contributed by atoms with van der Waals surface area (Å²) < 4.78 is 29.2. The van der Waals surface area contributed by atoms with E-state index < -0.39 is 11.6 Å². The highest BCUT2D eigenvalue weighted by atomic mass is 79.9. The Balaban J connectivity index is 2.60. The van der Waals surface area contributed by atoms with Gasteiger partial charge in [-0.2, -0.15) is 5.10 Å². The number of benzene rings is 1. The second-order valence-corrected chi connectivity index (χ2v) is 4.68. The van der Waals surface area contributed by atoms with Gasteiger partial charge in [0.15, 0.2) is 0 Å². The summed E-state index contributed by atoms with van der Waals surface area (Å²) in [5.74, 6) is -0.953. The molecule has 1 aromatic heterocycles. The van der Waals surface area contributed by atoms with Gasteiger partial charge in [0.2, 0.25) is 0 Å². The summed E-state index contributed by atoms with van der Waals surface area (Å²) >= 11 is 3.39. The fourth-order valence-corrected chi connectivity index (χ4v) is 2.50. The largest absolute Gasteiger partial charge is 0.314 e. The van der Waals surface area contributed by atoms with Crippen molar-refractivity contribution in [3.8, 4) is 11.3 Å². The zero-order valence-corrected chi connectivity index (χ0v) is 11.6. The van der Waals surface area contributed by atoms with Crippen molar-refractivity contribution in [3.05, 3.63) is 40.0 Å². The molecule has 0 unspecified atom stereocenters. The lowest BCUT2D eigenvalue weighted by Gasteiger charge is -2.05. The lowest BCUT2D eigenvalue weighted by atomic mass is 10.1. The van der Waals surface area contributed by atoms with Gasteiger partial charge in [-0.3, -0.25) is 4.68 Å². The number of nitrogens with zero attached hydrogens (tertiary/aromatic N) is 2. The van der Waals surface area contributed by atoms with Gasteiger partial charge >= 0.3 is 0 Å². The molecular weight excluding hydrogens is 304 g/mol. The maximum atomic E-state index is 13.8.